The summed E-state index contributed by atoms with van der Waals surface area (Å²) in [5, 5.41) is 0. The van der Waals surface area contributed by atoms with Crippen LogP contribution in [-0.2, 0) is 0 Å². The third-order valence-corrected chi connectivity index (χ3v) is 6.61. The van der Waals surface area contributed by atoms with Gasteiger partial charge in [0.1, 0.15) is 0 Å². The summed E-state index contributed by atoms with van der Waals surface area (Å²) >= 11 is 3.45. The Morgan fingerprint density at radius 3 is 2.35 bits per heavy atom. The molecule has 2 heteroatoms. The molecule has 5 unspecified atom stereocenters. The van der Waals surface area contributed by atoms with Crippen LogP contribution in [0.1, 0.15) is 48.9 Å². The Labute approximate surface area is 129 Å². The largest absolute Gasteiger partial charge is 0.294 e. The van der Waals surface area contributed by atoms with Gasteiger partial charge in [0.2, 0.25) is 0 Å². The van der Waals surface area contributed by atoms with Crippen molar-refractivity contribution in [2.75, 3.05) is 0 Å². The first-order valence-corrected chi connectivity index (χ1v) is 8.81. The maximum Gasteiger partial charge on any atom is 0.166 e. The van der Waals surface area contributed by atoms with Gasteiger partial charge in [-0.15, -0.1) is 0 Å². The van der Waals surface area contributed by atoms with E-state index in [-0.39, 0.29) is 0 Å². The van der Waals surface area contributed by atoms with Gasteiger partial charge in [0.05, 0.1) is 0 Å². The van der Waals surface area contributed by atoms with E-state index < -0.39 is 0 Å². The smallest absolute Gasteiger partial charge is 0.166 e. The summed E-state index contributed by atoms with van der Waals surface area (Å²) < 4.78 is 1.05. The maximum atomic E-state index is 13.0. The Morgan fingerprint density at radius 2 is 1.55 bits per heavy atom. The monoisotopic (exact) mass is 332 g/mol. The fraction of sp³-hybridized carbons (Fsp3) is 0.611. The number of carbonyl (C=O) groups excluding carboxylic acids is 1. The molecule has 0 N–H and O–H groups in total. The first-order chi connectivity index (χ1) is 9.72. The van der Waals surface area contributed by atoms with Crippen LogP contribution in [0.2, 0.25) is 0 Å². The average molecular weight is 333 g/mol. The van der Waals surface area contributed by atoms with E-state index in [0.717, 1.165) is 21.9 Å². The second-order valence-corrected chi connectivity index (χ2v) is 7.99. The molecule has 0 saturated heterocycles. The third kappa shape index (κ3) is 2.07. The molecule has 4 rings (SSSR count). The lowest BCUT2D eigenvalue weighted by molar-refractivity contribution is 0.0716. The van der Waals surface area contributed by atoms with Crippen molar-refractivity contribution < 1.29 is 4.79 Å². The zero-order valence-electron chi connectivity index (χ0n) is 11.7. The molecule has 3 aliphatic carbocycles. The van der Waals surface area contributed by atoms with Crippen molar-refractivity contribution in [2.45, 2.75) is 38.5 Å². The molecule has 0 aliphatic heterocycles. The van der Waals surface area contributed by atoms with Gasteiger partial charge in [-0.1, -0.05) is 40.9 Å². The second-order valence-electron chi connectivity index (χ2n) is 7.08. The highest BCUT2D eigenvalue weighted by molar-refractivity contribution is 9.10. The summed E-state index contributed by atoms with van der Waals surface area (Å²) in [4.78, 5) is 13.0. The van der Waals surface area contributed by atoms with E-state index in [4.69, 9.17) is 0 Å². The van der Waals surface area contributed by atoms with Crippen molar-refractivity contribution in [2.24, 2.45) is 29.6 Å². The number of rotatable bonds is 2. The lowest BCUT2D eigenvalue weighted by Gasteiger charge is -2.35. The average Bonchev–Trinajstić information content (AvgIpc) is 2.67. The minimum atomic E-state index is 0.317. The number of benzene rings is 1. The molecular formula is C18H21BrO. The number of fused-ring (bicyclic) bond motifs is 2. The van der Waals surface area contributed by atoms with Crippen LogP contribution in [0.3, 0.4) is 0 Å². The standard InChI is InChI=1S/C18H21BrO/c19-16-6-4-11(5-7-16)18(20)17-13-3-1-2-12-8-15(17)10-14(12)9-13/h4-7,12-15,17H,1-3,8-10H2. The van der Waals surface area contributed by atoms with Crippen molar-refractivity contribution in [3.8, 4) is 0 Å². The quantitative estimate of drug-likeness (QED) is 0.689. The predicted octanol–water partition coefficient (Wildman–Crippen LogP) is 5.09. The van der Waals surface area contributed by atoms with Crippen LogP contribution in [0.25, 0.3) is 0 Å². The van der Waals surface area contributed by atoms with Gasteiger partial charge in [0.15, 0.2) is 5.78 Å². The summed E-state index contributed by atoms with van der Waals surface area (Å²) in [5.74, 6) is 3.98. The number of Topliss-reactive ketones (excluding diaryl/α,β-unsaturated/α-hetero) is 1. The highest BCUT2D eigenvalue weighted by Crippen LogP contribution is 2.56. The van der Waals surface area contributed by atoms with Gasteiger partial charge in [-0.3, -0.25) is 4.79 Å². The van der Waals surface area contributed by atoms with Crippen molar-refractivity contribution in [1.29, 1.82) is 0 Å². The molecule has 0 spiro atoms. The van der Waals surface area contributed by atoms with Crippen molar-refractivity contribution in [3.63, 3.8) is 0 Å². The molecule has 0 amide bonds. The van der Waals surface area contributed by atoms with E-state index in [1.54, 1.807) is 0 Å². The number of ketones is 1. The maximum absolute atomic E-state index is 13.0. The second kappa shape index (κ2) is 4.98. The molecule has 0 aromatic heterocycles. The molecule has 3 fully saturated rings. The van der Waals surface area contributed by atoms with Crippen LogP contribution in [0.4, 0.5) is 0 Å². The fourth-order valence-electron chi connectivity index (χ4n) is 5.29. The molecule has 1 nitrogen and oxygen atoms in total. The van der Waals surface area contributed by atoms with E-state index >= 15 is 0 Å². The van der Waals surface area contributed by atoms with Crippen LogP contribution in [-0.4, -0.2) is 5.78 Å². The minimum absolute atomic E-state index is 0.317. The Balaban J connectivity index is 1.64. The highest BCUT2D eigenvalue weighted by atomic mass is 79.9. The predicted molar refractivity (Wildman–Crippen MR) is 83.6 cm³/mol. The van der Waals surface area contributed by atoms with Crippen LogP contribution in [0.5, 0.6) is 0 Å². The molecule has 5 atom stereocenters. The first kappa shape index (κ1) is 13.1. The van der Waals surface area contributed by atoms with Gasteiger partial charge in [0, 0.05) is 16.0 Å². The normalized spacial score (nSPS) is 38.8. The molecule has 1 aromatic carbocycles. The number of halogens is 1. The van der Waals surface area contributed by atoms with Crippen LogP contribution in [0, 0.1) is 29.6 Å². The molecule has 0 heterocycles. The van der Waals surface area contributed by atoms with E-state index in [9.17, 15) is 4.79 Å². The lowest BCUT2D eigenvalue weighted by atomic mass is 9.68. The summed E-state index contributed by atoms with van der Waals surface area (Å²) in [5.41, 5.74) is 0.922. The summed E-state index contributed by atoms with van der Waals surface area (Å²) in [6.07, 6.45) is 8.05. The Hall–Kier alpha value is -0.630. The van der Waals surface area contributed by atoms with Gasteiger partial charge in [-0.05, 0) is 61.5 Å². The van der Waals surface area contributed by atoms with E-state index in [2.05, 4.69) is 15.9 Å². The van der Waals surface area contributed by atoms with Crippen molar-refractivity contribution in [3.05, 3.63) is 34.3 Å². The summed E-state index contributed by atoms with van der Waals surface area (Å²) in [6.45, 7) is 0. The number of hydrogen-bond donors (Lipinski definition) is 0. The molecular weight excluding hydrogens is 312 g/mol. The zero-order chi connectivity index (χ0) is 13.7. The van der Waals surface area contributed by atoms with E-state index in [1.165, 1.54) is 38.5 Å². The Morgan fingerprint density at radius 1 is 0.900 bits per heavy atom. The number of carbonyl (C=O) groups is 1. The first-order valence-electron chi connectivity index (χ1n) is 8.02. The van der Waals surface area contributed by atoms with Gasteiger partial charge in [-0.2, -0.15) is 0 Å². The molecule has 106 valence electrons. The molecule has 3 bridgehead atoms. The van der Waals surface area contributed by atoms with E-state index in [0.29, 0.717) is 23.5 Å². The SMILES string of the molecule is O=C(c1ccc(Br)cc1)C1C2CCCC3CC1CC3C2. The topological polar surface area (TPSA) is 17.1 Å². The lowest BCUT2D eigenvalue weighted by Crippen LogP contribution is -2.34. The number of hydrogen-bond acceptors (Lipinski definition) is 1. The van der Waals surface area contributed by atoms with Gasteiger partial charge in [-0.25, -0.2) is 0 Å². The van der Waals surface area contributed by atoms with Crippen LogP contribution < -0.4 is 0 Å². The van der Waals surface area contributed by atoms with Crippen molar-refractivity contribution >= 4 is 21.7 Å². The van der Waals surface area contributed by atoms with Crippen LogP contribution in [0.15, 0.2) is 28.7 Å². The van der Waals surface area contributed by atoms with Gasteiger partial charge >= 0.3 is 0 Å². The minimum Gasteiger partial charge on any atom is -0.294 e. The third-order valence-electron chi connectivity index (χ3n) is 6.08. The van der Waals surface area contributed by atoms with Gasteiger partial charge in [0.25, 0.3) is 0 Å². The van der Waals surface area contributed by atoms with Gasteiger partial charge < -0.3 is 0 Å². The zero-order valence-corrected chi connectivity index (χ0v) is 13.3. The molecule has 3 aliphatic rings. The van der Waals surface area contributed by atoms with Crippen molar-refractivity contribution in [1.82, 2.24) is 0 Å². The highest BCUT2D eigenvalue weighted by Gasteiger charge is 2.50. The molecule has 20 heavy (non-hydrogen) atoms. The summed E-state index contributed by atoms with van der Waals surface area (Å²) in [7, 11) is 0. The summed E-state index contributed by atoms with van der Waals surface area (Å²) in [6, 6.07) is 7.98. The fourth-order valence-corrected chi connectivity index (χ4v) is 5.55. The molecule has 1 aromatic rings. The Bertz CT molecular complexity index is 521. The Kier molecular flexibility index (Phi) is 3.25. The van der Waals surface area contributed by atoms with Crippen LogP contribution >= 0.6 is 15.9 Å². The molecule has 3 saturated carbocycles. The van der Waals surface area contributed by atoms with E-state index in [1.807, 2.05) is 24.3 Å². The molecule has 0 radical (unpaired) electrons.